The monoisotopic (exact) mass is 456 g/mol. The molecule has 4 aromatic rings. The van der Waals surface area contributed by atoms with Gasteiger partial charge in [0.2, 0.25) is 5.95 Å². The van der Waals surface area contributed by atoms with Crippen LogP contribution in [0.2, 0.25) is 0 Å². The lowest BCUT2D eigenvalue weighted by atomic mass is 9.84. The van der Waals surface area contributed by atoms with Crippen LogP contribution in [0.15, 0.2) is 78.6 Å². The lowest BCUT2D eigenvalue weighted by Crippen LogP contribution is -2.33. The maximum absolute atomic E-state index is 15.2. The molecular formula is C26H21FN4O3. The Labute approximate surface area is 195 Å². The molecule has 0 fully saturated rings. The molecule has 0 unspecified atom stereocenters. The summed E-state index contributed by atoms with van der Waals surface area (Å²) in [5.41, 5.74) is 3.71. The second-order valence-corrected chi connectivity index (χ2v) is 7.98. The van der Waals surface area contributed by atoms with Gasteiger partial charge in [-0.2, -0.15) is 10.1 Å². The molecule has 1 aromatic heterocycles. The van der Waals surface area contributed by atoms with Crippen molar-refractivity contribution in [3.8, 4) is 17.2 Å². The van der Waals surface area contributed by atoms with Gasteiger partial charge in [0.05, 0.1) is 19.9 Å². The summed E-state index contributed by atoms with van der Waals surface area (Å²) >= 11 is 0. The third kappa shape index (κ3) is 2.95. The second-order valence-electron chi connectivity index (χ2n) is 7.98. The molecule has 0 radical (unpaired) electrons. The summed E-state index contributed by atoms with van der Waals surface area (Å²) in [7, 11) is 3.19. The van der Waals surface area contributed by atoms with Crippen molar-refractivity contribution in [3.63, 3.8) is 0 Å². The van der Waals surface area contributed by atoms with E-state index in [4.69, 9.17) is 14.2 Å². The van der Waals surface area contributed by atoms with Crippen LogP contribution < -0.4 is 19.5 Å². The number of nitrogens with one attached hydrogen (secondary N) is 1. The summed E-state index contributed by atoms with van der Waals surface area (Å²) in [6.45, 7) is 0. The van der Waals surface area contributed by atoms with E-state index in [-0.39, 0.29) is 5.82 Å². The van der Waals surface area contributed by atoms with Crippen LogP contribution in [0.1, 0.15) is 28.8 Å². The highest BCUT2D eigenvalue weighted by Gasteiger charge is 2.42. The summed E-state index contributed by atoms with van der Waals surface area (Å²) in [4.78, 5) is 4.38. The molecule has 2 aliphatic rings. The Balaban J connectivity index is 1.66. The fourth-order valence-electron chi connectivity index (χ4n) is 4.79. The van der Waals surface area contributed by atoms with Gasteiger partial charge in [0.25, 0.3) is 0 Å². The Bertz CT molecular complexity index is 1430. The largest absolute Gasteiger partial charge is 0.493 e. The van der Waals surface area contributed by atoms with Gasteiger partial charge in [-0.1, -0.05) is 42.5 Å². The molecule has 7 nitrogen and oxygen atoms in total. The lowest BCUT2D eigenvalue weighted by Gasteiger charge is -2.39. The van der Waals surface area contributed by atoms with Crippen molar-refractivity contribution in [1.82, 2.24) is 14.8 Å². The number of aromatic nitrogens is 3. The van der Waals surface area contributed by atoms with Crippen molar-refractivity contribution >= 4 is 11.6 Å². The minimum atomic E-state index is -0.607. The average Bonchev–Trinajstić information content (AvgIpc) is 3.35. The molecule has 0 bridgehead atoms. The molecule has 2 aliphatic heterocycles. The van der Waals surface area contributed by atoms with E-state index in [0.717, 1.165) is 22.4 Å². The fourth-order valence-corrected chi connectivity index (χ4v) is 4.79. The summed E-state index contributed by atoms with van der Waals surface area (Å²) in [6.07, 6.45) is 0.854. The van der Waals surface area contributed by atoms with Crippen LogP contribution in [-0.2, 0) is 0 Å². The van der Waals surface area contributed by atoms with E-state index in [1.165, 1.54) is 12.4 Å². The molecule has 0 aliphatic carbocycles. The van der Waals surface area contributed by atoms with Crippen molar-refractivity contribution in [1.29, 1.82) is 0 Å². The molecule has 2 atom stereocenters. The van der Waals surface area contributed by atoms with E-state index < -0.39 is 12.1 Å². The first-order chi connectivity index (χ1) is 16.7. The van der Waals surface area contributed by atoms with Gasteiger partial charge in [0.15, 0.2) is 17.6 Å². The second kappa shape index (κ2) is 7.91. The van der Waals surface area contributed by atoms with Crippen LogP contribution in [0.3, 0.4) is 0 Å². The highest BCUT2D eigenvalue weighted by Crippen LogP contribution is 2.52. The third-order valence-electron chi connectivity index (χ3n) is 6.24. The van der Waals surface area contributed by atoms with Crippen LogP contribution >= 0.6 is 0 Å². The molecule has 8 heteroatoms. The average molecular weight is 456 g/mol. The topological polar surface area (TPSA) is 70.4 Å². The predicted molar refractivity (Wildman–Crippen MR) is 124 cm³/mol. The Morgan fingerprint density at radius 1 is 0.941 bits per heavy atom. The van der Waals surface area contributed by atoms with Crippen molar-refractivity contribution in [2.24, 2.45) is 0 Å². The number of benzene rings is 3. The van der Waals surface area contributed by atoms with E-state index >= 15 is 4.39 Å². The summed E-state index contributed by atoms with van der Waals surface area (Å²) in [5.74, 6) is 2.03. The Morgan fingerprint density at radius 3 is 2.56 bits per heavy atom. The molecule has 0 amide bonds. The standard InChI is InChI=1S/C26H21FN4O3/c1-32-20-13-7-10-17(24(20)33-2)25-21-22(16-9-4-6-12-19(16)34-25)30-26-28-14-29-31(26)23(21)15-8-3-5-11-18(15)27/h3-14,23,25H,1-2H3,(H,28,29,30)/t23-,25-/m0/s1. The molecule has 0 saturated carbocycles. The highest BCUT2D eigenvalue weighted by atomic mass is 19.1. The van der Waals surface area contributed by atoms with Crippen LogP contribution in [0.4, 0.5) is 10.3 Å². The number of para-hydroxylation sites is 2. The minimum absolute atomic E-state index is 0.335. The molecule has 0 saturated heterocycles. The van der Waals surface area contributed by atoms with Crippen LogP contribution in [-0.4, -0.2) is 29.0 Å². The molecule has 34 heavy (non-hydrogen) atoms. The number of hydrogen-bond donors (Lipinski definition) is 1. The van der Waals surface area contributed by atoms with E-state index in [1.54, 1.807) is 31.0 Å². The van der Waals surface area contributed by atoms with Gasteiger partial charge in [-0.15, -0.1) is 0 Å². The van der Waals surface area contributed by atoms with Gasteiger partial charge < -0.3 is 19.5 Å². The minimum Gasteiger partial charge on any atom is -0.493 e. The first-order valence-electron chi connectivity index (χ1n) is 10.8. The number of fused-ring (bicyclic) bond motifs is 3. The predicted octanol–water partition coefficient (Wildman–Crippen LogP) is 4.99. The van der Waals surface area contributed by atoms with Gasteiger partial charge >= 0.3 is 0 Å². The number of rotatable bonds is 4. The smallest absolute Gasteiger partial charge is 0.226 e. The van der Waals surface area contributed by atoms with Crippen LogP contribution in [0.5, 0.6) is 17.2 Å². The normalized spacial score (nSPS) is 18.2. The Kier molecular flexibility index (Phi) is 4.72. The van der Waals surface area contributed by atoms with Gasteiger partial charge in [-0.05, 0) is 24.3 Å². The highest BCUT2D eigenvalue weighted by molar-refractivity contribution is 5.85. The van der Waals surface area contributed by atoms with E-state index in [1.807, 2.05) is 48.5 Å². The molecule has 170 valence electrons. The van der Waals surface area contributed by atoms with Gasteiger partial charge in [-0.25, -0.2) is 9.07 Å². The summed E-state index contributed by atoms with van der Waals surface area (Å²) in [6, 6.07) is 19.5. The number of halogens is 1. The lowest BCUT2D eigenvalue weighted by molar-refractivity contribution is 0.215. The van der Waals surface area contributed by atoms with Crippen molar-refractivity contribution in [3.05, 3.63) is 101 Å². The van der Waals surface area contributed by atoms with E-state index in [2.05, 4.69) is 15.4 Å². The van der Waals surface area contributed by atoms with Crippen molar-refractivity contribution < 1.29 is 18.6 Å². The SMILES string of the molecule is COc1cccc([C@@H]2Oc3ccccc3C3=C2[C@H](c2ccccc2F)n2ncnc2N3)c1OC. The number of hydrogen-bond acceptors (Lipinski definition) is 6. The zero-order valence-corrected chi connectivity index (χ0v) is 18.5. The van der Waals surface area contributed by atoms with E-state index in [0.29, 0.717) is 28.8 Å². The van der Waals surface area contributed by atoms with Gasteiger partial charge in [-0.3, -0.25) is 0 Å². The first kappa shape index (κ1) is 20.3. The van der Waals surface area contributed by atoms with Gasteiger partial charge in [0.1, 0.15) is 23.9 Å². The molecule has 0 spiro atoms. The number of nitrogens with zero attached hydrogens (tertiary/aromatic N) is 3. The zero-order valence-electron chi connectivity index (χ0n) is 18.5. The summed E-state index contributed by atoms with van der Waals surface area (Å²) in [5, 5.41) is 7.85. The number of ether oxygens (including phenoxy) is 3. The quantitative estimate of drug-likeness (QED) is 0.466. The Morgan fingerprint density at radius 2 is 1.74 bits per heavy atom. The molecule has 3 heterocycles. The van der Waals surface area contributed by atoms with Gasteiger partial charge in [0, 0.05) is 22.3 Å². The first-order valence-corrected chi connectivity index (χ1v) is 10.8. The Hall–Kier alpha value is -4.33. The van der Waals surface area contributed by atoms with Crippen molar-refractivity contribution in [2.75, 3.05) is 19.5 Å². The molecule has 6 rings (SSSR count). The van der Waals surface area contributed by atoms with E-state index in [9.17, 15) is 0 Å². The van der Waals surface area contributed by atoms with Crippen molar-refractivity contribution in [2.45, 2.75) is 12.1 Å². The number of anilines is 1. The fraction of sp³-hybridized carbons (Fsp3) is 0.154. The zero-order chi connectivity index (χ0) is 23.2. The summed E-state index contributed by atoms with van der Waals surface area (Å²) < 4.78 is 34.8. The number of methoxy groups -OCH3 is 2. The maximum atomic E-state index is 15.2. The van der Waals surface area contributed by atoms with Crippen LogP contribution in [0, 0.1) is 5.82 Å². The third-order valence-corrected chi connectivity index (χ3v) is 6.24. The molecular weight excluding hydrogens is 435 g/mol. The van der Waals surface area contributed by atoms with Crippen LogP contribution in [0.25, 0.3) is 5.70 Å². The molecule has 3 aromatic carbocycles. The maximum Gasteiger partial charge on any atom is 0.226 e. The molecule has 1 N–H and O–H groups in total.